The van der Waals surface area contributed by atoms with E-state index in [1.54, 1.807) is 63.5 Å². The van der Waals surface area contributed by atoms with Gasteiger partial charge in [-0.3, -0.25) is 24.0 Å². The number of rotatable bonds is 26. The molecule has 1 aliphatic rings. The first-order chi connectivity index (χ1) is 39.3. The van der Waals surface area contributed by atoms with Gasteiger partial charge in [-0.2, -0.15) is 0 Å². The Morgan fingerprint density at radius 2 is 1.61 bits per heavy atom. The second-order valence-corrected chi connectivity index (χ2v) is 21.9. The van der Waals surface area contributed by atoms with Crippen molar-refractivity contribution >= 4 is 53.4 Å². The summed E-state index contributed by atoms with van der Waals surface area (Å²) in [5, 5.41) is 21.4. The van der Waals surface area contributed by atoms with E-state index in [9.17, 15) is 47.4 Å². The molecule has 0 radical (unpaired) electrons. The number of ether oxygens (including phenoxy) is 2. The fourth-order valence-corrected chi connectivity index (χ4v) is 9.54. The molecule has 5 aromatic rings. The fourth-order valence-electron chi connectivity index (χ4n) is 9.54. The topological polar surface area (TPSA) is 283 Å². The molecule has 1 fully saturated rings. The Labute approximate surface area is 478 Å². The summed E-state index contributed by atoms with van der Waals surface area (Å²) in [6.07, 6.45) is -1.43. The van der Waals surface area contributed by atoms with Gasteiger partial charge < -0.3 is 61.7 Å². The van der Waals surface area contributed by atoms with Gasteiger partial charge in [-0.25, -0.2) is 32.1 Å². The van der Waals surface area contributed by atoms with Gasteiger partial charge in [-0.15, -0.1) is 0 Å². The smallest absolute Gasteiger partial charge is 0.410 e. The van der Waals surface area contributed by atoms with Crippen molar-refractivity contribution in [2.75, 3.05) is 43.8 Å². The Hall–Kier alpha value is -8.54. The average molecular weight is 1160 g/mol. The van der Waals surface area contributed by atoms with Gasteiger partial charge in [0.1, 0.15) is 60.0 Å². The molecular formula is C59H72F4N10O10. The molecule has 6 rings (SSSR count). The number of urea groups is 1. The van der Waals surface area contributed by atoms with Gasteiger partial charge in [0.05, 0.1) is 24.9 Å². The number of aliphatic hydroxyl groups excluding tert-OH is 1. The van der Waals surface area contributed by atoms with Crippen molar-refractivity contribution in [3.05, 3.63) is 131 Å². The molecule has 446 valence electrons. The van der Waals surface area contributed by atoms with Gasteiger partial charge in [-0.05, 0) is 103 Å². The van der Waals surface area contributed by atoms with Gasteiger partial charge in [0.15, 0.2) is 6.29 Å². The highest BCUT2D eigenvalue weighted by atomic mass is 19.1. The van der Waals surface area contributed by atoms with E-state index in [1.165, 1.54) is 60.5 Å². The first-order valence-electron chi connectivity index (χ1n) is 27.1. The number of nitrogens with two attached hydrogens (primary N) is 2. The molecule has 6 unspecified atom stereocenters. The number of carbonyl (C=O) groups is 7. The van der Waals surface area contributed by atoms with Crippen LogP contribution in [-0.2, 0) is 37.1 Å². The fraction of sp³-hybridized carbons (Fsp3) is 0.424. The van der Waals surface area contributed by atoms with Crippen LogP contribution in [0.3, 0.4) is 0 Å². The Morgan fingerprint density at radius 3 is 2.27 bits per heavy atom. The number of hydrogen-bond donors (Lipinski definition) is 7. The zero-order valence-corrected chi connectivity index (χ0v) is 47.1. The quantitative estimate of drug-likeness (QED) is 0.0125. The van der Waals surface area contributed by atoms with E-state index in [2.05, 4.69) is 21.3 Å². The van der Waals surface area contributed by atoms with Crippen LogP contribution in [0, 0.1) is 34.7 Å². The Morgan fingerprint density at radius 1 is 0.892 bits per heavy atom. The number of nitrogens with one attached hydrogen (secondary N) is 4. The summed E-state index contributed by atoms with van der Waals surface area (Å²) < 4.78 is 73.3. The number of benzene rings is 4. The summed E-state index contributed by atoms with van der Waals surface area (Å²) in [5.41, 5.74) is 11.8. The molecule has 0 spiro atoms. The maximum Gasteiger partial charge on any atom is 0.410 e. The highest BCUT2D eigenvalue weighted by Gasteiger charge is 2.44. The molecule has 0 saturated carbocycles. The van der Waals surface area contributed by atoms with E-state index in [-0.39, 0.29) is 87.8 Å². The molecule has 83 heavy (non-hydrogen) atoms. The van der Waals surface area contributed by atoms with Gasteiger partial charge in [0.25, 0.3) is 5.91 Å². The Bertz CT molecular complexity index is 3100. The van der Waals surface area contributed by atoms with E-state index < -0.39 is 107 Å². The third-order valence-electron chi connectivity index (χ3n) is 13.8. The molecule has 9 N–H and O–H groups in total. The average Bonchev–Trinajstić information content (AvgIpc) is 2.94. The monoisotopic (exact) mass is 1160 g/mol. The Balaban J connectivity index is 1.08. The van der Waals surface area contributed by atoms with E-state index >= 15 is 8.78 Å². The van der Waals surface area contributed by atoms with Crippen LogP contribution in [-0.4, -0.2) is 124 Å². The van der Waals surface area contributed by atoms with Crippen molar-refractivity contribution < 1.29 is 65.7 Å². The van der Waals surface area contributed by atoms with Gasteiger partial charge in [0.2, 0.25) is 17.7 Å². The minimum absolute atomic E-state index is 0.00631. The summed E-state index contributed by atoms with van der Waals surface area (Å²) in [7, 11) is 0. The number of nitrogens with zero attached hydrogens (tertiary/aromatic N) is 4. The molecule has 7 amide bonds. The van der Waals surface area contributed by atoms with Crippen LogP contribution >= 0.6 is 0 Å². The maximum atomic E-state index is 16.2. The molecule has 0 aliphatic carbocycles. The predicted molar refractivity (Wildman–Crippen MR) is 300 cm³/mol. The lowest BCUT2D eigenvalue weighted by Gasteiger charge is -2.41. The molecule has 1 aliphatic heterocycles. The molecule has 6 atom stereocenters. The van der Waals surface area contributed by atoms with Crippen molar-refractivity contribution in [1.82, 2.24) is 35.3 Å². The van der Waals surface area contributed by atoms with Crippen LogP contribution in [0.1, 0.15) is 101 Å². The zero-order valence-electron chi connectivity index (χ0n) is 47.1. The van der Waals surface area contributed by atoms with E-state index in [0.717, 1.165) is 23.1 Å². The van der Waals surface area contributed by atoms with Crippen LogP contribution in [0.4, 0.5) is 38.5 Å². The molecule has 1 saturated heterocycles. The van der Waals surface area contributed by atoms with Crippen molar-refractivity contribution in [2.24, 2.45) is 23.0 Å². The van der Waals surface area contributed by atoms with Crippen LogP contribution in [0.25, 0.3) is 11.3 Å². The van der Waals surface area contributed by atoms with Crippen LogP contribution in [0.5, 0.6) is 5.75 Å². The standard InChI is InChI=1S/C59H72F4N10O10/c1-34(2)51(70-50(76)13-9-23-82-43-20-16-38(32-74)47(64)26-43)55(78)69-48(12-8-22-66-57(65)80)54(77)67-42-18-14-36(15-19-42)33-83-58(81)72-28-39(46(63)30-72)29-73(56(79)35(3)75)52(59(4,5)6)53-68-49(44-25-41(61)17-21-45(44)62)31-71(53)27-37-10-7-11-40(60)24-37/h7,10-11,14-21,24-26,31-32,34-35,39,46,48,51-52,75H,8-9,12-13,22-23,27-30,33,64H2,1-6H3,(H,67,77)(H,69,78)(H,70,76)(H3,65,66,80). The highest BCUT2D eigenvalue weighted by molar-refractivity contribution is 5.98. The number of aliphatic hydroxyl groups is 1. The second-order valence-electron chi connectivity index (χ2n) is 21.9. The predicted octanol–water partition coefficient (Wildman–Crippen LogP) is 7.19. The van der Waals surface area contributed by atoms with Crippen molar-refractivity contribution in [3.63, 3.8) is 0 Å². The molecule has 24 heteroatoms. The normalized spacial score (nSPS) is 15.6. The lowest BCUT2D eigenvalue weighted by molar-refractivity contribution is -0.146. The minimum Gasteiger partial charge on any atom is -0.494 e. The summed E-state index contributed by atoms with van der Waals surface area (Å²) in [5.74, 6) is -5.31. The number of imidazole rings is 1. The molecular weight excluding hydrogens is 1080 g/mol. The number of halogens is 4. The van der Waals surface area contributed by atoms with E-state index in [0.29, 0.717) is 34.4 Å². The van der Waals surface area contributed by atoms with Crippen LogP contribution < -0.4 is 37.5 Å². The largest absolute Gasteiger partial charge is 0.494 e. The van der Waals surface area contributed by atoms with Crippen molar-refractivity contribution in [3.8, 4) is 17.0 Å². The lowest BCUT2D eigenvalue weighted by Crippen LogP contribution is -2.54. The molecule has 0 bridgehead atoms. The number of hydrogen-bond acceptors (Lipinski definition) is 12. The molecule has 2 heterocycles. The van der Waals surface area contributed by atoms with Gasteiger partial charge in [0, 0.05) is 73.3 Å². The Kier molecular flexibility index (Phi) is 22.2. The number of aldehydes is 1. The SMILES string of the molecule is CC(O)C(=O)N(CC1CN(C(=O)OCc2ccc(NC(=O)C(CCCNC(N)=O)NC(=O)C(NC(=O)CCCOc3ccc(C=O)c(N)c3)C(C)C)cc2)CC1F)C(c1nc(-c2cc(F)ccc2F)cn1Cc1cccc(F)c1)C(C)(C)C. The first-order valence-corrected chi connectivity index (χ1v) is 27.1. The molecule has 20 nitrogen and oxygen atoms in total. The number of nitrogen functional groups attached to an aromatic ring is 1. The summed E-state index contributed by atoms with van der Waals surface area (Å²) in [6.45, 7) is 9.13. The molecule has 4 aromatic carbocycles. The third-order valence-corrected chi connectivity index (χ3v) is 13.8. The lowest BCUT2D eigenvalue weighted by atomic mass is 9.84. The summed E-state index contributed by atoms with van der Waals surface area (Å²) in [6, 6.07) is 15.4. The number of anilines is 2. The van der Waals surface area contributed by atoms with Crippen LogP contribution in [0.2, 0.25) is 0 Å². The second kappa shape index (κ2) is 28.9. The number of aromatic nitrogens is 2. The minimum atomic E-state index is -1.67. The number of alkyl halides is 1. The van der Waals surface area contributed by atoms with Gasteiger partial charge in [-0.1, -0.05) is 58.9 Å². The van der Waals surface area contributed by atoms with Crippen LogP contribution in [0.15, 0.2) is 91.1 Å². The van der Waals surface area contributed by atoms with Gasteiger partial charge >= 0.3 is 12.1 Å². The zero-order chi connectivity index (χ0) is 60.7. The number of carbonyl (C=O) groups excluding carboxylic acids is 7. The maximum absolute atomic E-state index is 16.2. The first kappa shape index (κ1) is 63.6. The number of likely N-dealkylation sites (tertiary alicyclic amines) is 1. The van der Waals surface area contributed by atoms with Crippen molar-refractivity contribution in [1.29, 1.82) is 0 Å². The molecule has 1 aromatic heterocycles. The number of amides is 7. The third kappa shape index (κ3) is 18.0. The van der Waals surface area contributed by atoms with E-state index in [1.807, 2.05) is 0 Å². The summed E-state index contributed by atoms with van der Waals surface area (Å²) >= 11 is 0. The highest BCUT2D eigenvalue weighted by Crippen LogP contribution is 2.41. The summed E-state index contributed by atoms with van der Waals surface area (Å²) in [4.78, 5) is 97.7. The van der Waals surface area contributed by atoms with Crippen molar-refractivity contribution in [2.45, 2.75) is 111 Å². The van der Waals surface area contributed by atoms with E-state index in [4.69, 9.17) is 25.9 Å². The number of primary amides is 1.